The maximum absolute atomic E-state index is 11.4. The van der Waals surface area contributed by atoms with Gasteiger partial charge in [0.2, 0.25) is 10.0 Å². The van der Waals surface area contributed by atoms with E-state index in [-0.39, 0.29) is 25.3 Å². The molecule has 1 rings (SSSR count). The zero-order valence-electron chi connectivity index (χ0n) is 8.69. The molecule has 0 aliphatic heterocycles. The fraction of sp³-hybridized carbons (Fsp3) is 0.400. The molecule has 0 saturated heterocycles. The van der Waals surface area contributed by atoms with E-state index >= 15 is 0 Å². The van der Waals surface area contributed by atoms with Crippen LogP contribution in [0, 0.1) is 0 Å². The average molecular weight is 308 g/mol. The summed E-state index contributed by atoms with van der Waals surface area (Å²) in [6, 6.07) is 7.41. The molecule has 2 N–H and O–H groups in total. The van der Waals surface area contributed by atoms with Gasteiger partial charge in [0.1, 0.15) is 0 Å². The molecule has 0 aliphatic carbocycles. The van der Waals surface area contributed by atoms with Crippen molar-refractivity contribution in [3.63, 3.8) is 0 Å². The van der Waals surface area contributed by atoms with Crippen molar-refractivity contribution >= 4 is 26.0 Å². The number of hydrogen-bond donors (Lipinski definition) is 2. The SMILES string of the molecule is O=S(=O)(CCCO)NCc1ccc(Br)cc1. The van der Waals surface area contributed by atoms with Crippen LogP contribution in [0.25, 0.3) is 0 Å². The summed E-state index contributed by atoms with van der Waals surface area (Å²) in [5.41, 5.74) is 0.899. The number of halogens is 1. The smallest absolute Gasteiger partial charge is 0.211 e. The zero-order chi connectivity index (χ0) is 12.0. The molecule has 6 heteroatoms. The van der Waals surface area contributed by atoms with Crippen molar-refractivity contribution < 1.29 is 13.5 Å². The Morgan fingerprint density at radius 2 is 1.88 bits per heavy atom. The number of aliphatic hydroxyl groups is 1. The van der Waals surface area contributed by atoms with E-state index in [1.807, 2.05) is 24.3 Å². The van der Waals surface area contributed by atoms with Crippen molar-refractivity contribution in [2.75, 3.05) is 12.4 Å². The third-order valence-corrected chi connectivity index (χ3v) is 3.92. The summed E-state index contributed by atoms with van der Waals surface area (Å²) >= 11 is 3.30. The van der Waals surface area contributed by atoms with Crippen molar-refractivity contribution in [3.05, 3.63) is 34.3 Å². The van der Waals surface area contributed by atoms with Gasteiger partial charge in [-0.3, -0.25) is 0 Å². The lowest BCUT2D eigenvalue weighted by Crippen LogP contribution is -2.26. The number of aliphatic hydroxyl groups excluding tert-OH is 1. The second-order valence-electron chi connectivity index (χ2n) is 3.34. The molecule has 0 fully saturated rings. The molecule has 0 atom stereocenters. The van der Waals surface area contributed by atoms with Gasteiger partial charge in [-0.15, -0.1) is 0 Å². The average Bonchev–Trinajstić information content (AvgIpc) is 2.26. The Balaban J connectivity index is 2.48. The van der Waals surface area contributed by atoms with Crippen LogP contribution in [0.15, 0.2) is 28.7 Å². The summed E-state index contributed by atoms with van der Waals surface area (Å²) in [7, 11) is -3.27. The largest absolute Gasteiger partial charge is 0.396 e. The lowest BCUT2D eigenvalue weighted by atomic mass is 10.2. The van der Waals surface area contributed by atoms with Crippen molar-refractivity contribution in [1.29, 1.82) is 0 Å². The molecular formula is C10H14BrNO3S. The second kappa shape index (κ2) is 6.34. The zero-order valence-corrected chi connectivity index (χ0v) is 11.1. The first kappa shape index (κ1) is 13.6. The molecule has 1 aromatic rings. The van der Waals surface area contributed by atoms with Gasteiger partial charge in [-0.05, 0) is 24.1 Å². The van der Waals surface area contributed by atoms with E-state index in [4.69, 9.17) is 5.11 Å². The van der Waals surface area contributed by atoms with Crippen LogP contribution in [0.1, 0.15) is 12.0 Å². The highest BCUT2D eigenvalue weighted by atomic mass is 79.9. The Morgan fingerprint density at radius 1 is 1.25 bits per heavy atom. The molecule has 0 saturated carbocycles. The molecule has 0 radical (unpaired) electrons. The quantitative estimate of drug-likeness (QED) is 0.831. The van der Waals surface area contributed by atoms with E-state index in [0.29, 0.717) is 0 Å². The molecule has 0 aromatic heterocycles. The molecule has 0 unspecified atom stereocenters. The number of sulfonamides is 1. The first-order chi connectivity index (χ1) is 7.53. The minimum Gasteiger partial charge on any atom is -0.396 e. The molecule has 0 bridgehead atoms. The lowest BCUT2D eigenvalue weighted by Gasteiger charge is -2.05. The van der Waals surface area contributed by atoms with E-state index in [9.17, 15) is 8.42 Å². The number of rotatable bonds is 6. The number of hydrogen-bond acceptors (Lipinski definition) is 3. The third-order valence-electron chi connectivity index (χ3n) is 1.98. The monoisotopic (exact) mass is 307 g/mol. The van der Waals surface area contributed by atoms with Crippen LogP contribution in [-0.2, 0) is 16.6 Å². The van der Waals surface area contributed by atoms with Crippen LogP contribution in [0.2, 0.25) is 0 Å². The summed E-state index contributed by atoms with van der Waals surface area (Å²) in [6.45, 7) is 0.167. The molecule has 0 spiro atoms. The van der Waals surface area contributed by atoms with Gasteiger partial charge in [0.25, 0.3) is 0 Å². The molecule has 0 heterocycles. The first-order valence-corrected chi connectivity index (χ1v) is 7.31. The fourth-order valence-corrected chi connectivity index (χ4v) is 2.43. The van der Waals surface area contributed by atoms with E-state index in [1.165, 1.54) is 0 Å². The summed E-state index contributed by atoms with van der Waals surface area (Å²) in [4.78, 5) is 0. The van der Waals surface area contributed by atoms with Crippen molar-refractivity contribution in [1.82, 2.24) is 4.72 Å². The van der Waals surface area contributed by atoms with E-state index in [1.54, 1.807) is 0 Å². The molecule has 0 aliphatic rings. The topological polar surface area (TPSA) is 66.4 Å². The molecule has 90 valence electrons. The van der Waals surface area contributed by atoms with Crippen molar-refractivity contribution in [3.8, 4) is 0 Å². The summed E-state index contributed by atoms with van der Waals surface area (Å²) < 4.78 is 26.2. The van der Waals surface area contributed by atoms with Gasteiger partial charge >= 0.3 is 0 Å². The van der Waals surface area contributed by atoms with Gasteiger partial charge in [0.05, 0.1) is 5.75 Å². The maximum atomic E-state index is 11.4. The standard InChI is InChI=1S/C10H14BrNO3S/c11-10-4-2-9(3-5-10)8-12-16(14,15)7-1-6-13/h2-5,12-13H,1,6-8H2. The normalized spacial score (nSPS) is 11.6. The first-order valence-electron chi connectivity index (χ1n) is 4.86. The van der Waals surface area contributed by atoms with Gasteiger partial charge in [0, 0.05) is 17.6 Å². The maximum Gasteiger partial charge on any atom is 0.211 e. The Bertz CT molecular complexity index is 416. The van der Waals surface area contributed by atoms with Gasteiger partial charge in [0.15, 0.2) is 0 Å². The Hall–Kier alpha value is -0.430. The second-order valence-corrected chi connectivity index (χ2v) is 6.19. The molecule has 0 amide bonds. The fourth-order valence-electron chi connectivity index (χ4n) is 1.12. The van der Waals surface area contributed by atoms with Gasteiger partial charge < -0.3 is 5.11 Å². The highest BCUT2D eigenvalue weighted by Gasteiger charge is 2.08. The minimum atomic E-state index is -3.27. The predicted octanol–water partition coefficient (Wildman–Crippen LogP) is 1.25. The van der Waals surface area contributed by atoms with E-state index in [0.717, 1.165) is 10.0 Å². The van der Waals surface area contributed by atoms with Crippen LogP contribution in [0.5, 0.6) is 0 Å². The van der Waals surface area contributed by atoms with Crippen LogP contribution in [0.4, 0.5) is 0 Å². The van der Waals surface area contributed by atoms with Crippen LogP contribution >= 0.6 is 15.9 Å². The molecule has 1 aromatic carbocycles. The number of nitrogens with one attached hydrogen (secondary N) is 1. The van der Waals surface area contributed by atoms with Gasteiger partial charge in [-0.25, -0.2) is 13.1 Å². The highest BCUT2D eigenvalue weighted by molar-refractivity contribution is 9.10. The predicted molar refractivity (Wildman–Crippen MR) is 66.5 cm³/mol. The van der Waals surface area contributed by atoms with Gasteiger partial charge in [-0.1, -0.05) is 28.1 Å². The summed E-state index contributed by atoms with van der Waals surface area (Å²) in [6.07, 6.45) is 0.260. The van der Waals surface area contributed by atoms with Gasteiger partial charge in [-0.2, -0.15) is 0 Å². The third kappa shape index (κ3) is 5.07. The Kier molecular flexibility index (Phi) is 5.40. The van der Waals surface area contributed by atoms with Crippen LogP contribution in [-0.4, -0.2) is 25.9 Å². The summed E-state index contributed by atoms with van der Waals surface area (Å²) in [5, 5.41) is 8.55. The van der Waals surface area contributed by atoms with E-state index < -0.39 is 10.0 Å². The Labute approximate surface area is 104 Å². The molecular weight excluding hydrogens is 294 g/mol. The van der Waals surface area contributed by atoms with Crippen molar-refractivity contribution in [2.24, 2.45) is 0 Å². The summed E-state index contributed by atoms with van der Waals surface area (Å²) in [5.74, 6) is -0.0416. The Morgan fingerprint density at radius 3 is 2.44 bits per heavy atom. The molecule has 4 nitrogen and oxygen atoms in total. The van der Waals surface area contributed by atoms with Crippen molar-refractivity contribution in [2.45, 2.75) is 13.0 Å². The van der Waals surface area contributed by atoms with Crippen LogP contribution < -0.4 is 4.72 Å². The lowest BCUT2D eigenvalue weighted by molar-refractivity contribution is 0.295. The number of benzene rings is 1. The highest BCUT2D eigenvalue weighted by Crippen LogP contribution is 2.10. The minimum absolute atomic E-state index is 0.0416. The van der Waals surface area contributed by atoms with Crippen LogP contribution in [0.3, 0.4) is 0 Å². The molecule has 16 heavy (non-hydrogen) atoms. The van der Waals surface area contributed by atoms with E-state index in [2.05, 4.69) is 20.7 Å².